The van der Waals surface area contributed by atoms with Gasteiger partial charge in [-0.3, -0.25) is 0 Å². The molecule has 0 saturated heterocycles. The monoisotopic (exact) mass is 366 g/mol. The van der Waals surface area contributed by atoms with Crippen molar-refractivity contribution in [1.82, 2.24) is 9.97 Å². The lowest BCUT2D eigenvalue weighted by Crippen LogP contribution is -2.01. The normalized spacial score (nSPS) is 10.5. The third-order valence-electron chi connectivity index (χ3n) is 3.05. The first-order valence-electron chi connectivity index (χ1n) is 6.79. The van der Waals surface area contributed by atoms with E-state index in [0.29, 0.717) is 27.2 Å². The Morgan fingerprint density at radius 2 is 1.62 bits per heavy atom. The van der Waals surface area contributed by atoms with Gasteiger partial charge >= 0.3 is 0 Å². The van der Waals surface area contributed by atoms with Crippen molar-refractivity contribution < 1.29 is 8.78 Å². The Balaban J connectivity index is 1.82. The van der Waals surface area contributed by atoms with Crippen LogP contribution in [0.15, 0.2) is 48.7 Å². The van der Waals surface area contributed by atoms with Crippen LogP contribution in [0.1, 0.15) is 0 Å². The third kappa shape index (κ3) is 3.72. The van der Waals surface area contributed by atoms with Gasteiger partial charge in [-0.1, -0.05) is 29.3 Å². The molecule has 1 heterocycles. The van der Waals surface area contributed by atoms with E-state index in [-0.39, 0.29) is 5.95 Å². The second kappa shape index (κ2) is 6.98. The van der Waals surface area contributed by atoms with E-state index in [1.54, 1.807) is 24.3 Å². The maximum absolute atomic E-state index is 13.2. The zero-order chi connectivity index (χ0) is 17.1. The van der Waals surface area contributed by atoms with Crippen molar-refractivity contribution in [3.05, 3.63) is 70.3 Å². The lowest BCUT2D eigenvalue weighted by Gasteiger charge is -2.11. The average molecular weight is 367 g/mol. The topological polar surface area (TPSA) is 49.8 Å². The minimum atomic E-state index is -0.961. The van der Waals surface area contributed by atoms with Crippen molar-refractivity contribution in [2.75, 3.05) is 10.6 Å². The highest BCUT2D eigenvalue weighted by Crippen LogP contribution is 2.32. The zero-order valence-electron chi connectivity index (χ0n) is 12.0. The summed E-state index contributed by atoms with van der Waals surface area (Å²) < 4.78 is 26.2. The van der Waals surface area contributed by atoms with Crippen LogP contribution in [0.3, 0.4) is 0 Å². The number of hydrogen-bond donors (Lipinski definition) is 2. The van der Waals surface area contributed by atoms with Gasteiger partial charge in [-0.15, -0.1) is 0 Å². The van der Waals surface area contributed by atoms with Crippen molar-refractivity contribution >= 4 is 46.3 Å². The molecule has 0 fully saturated rings. The Morgan fingerprint density at radius 3 is 2.33 bits per heavy atom. The van der Waals surface area contributed by atoms with Gasteiger partial charge in [0.25, 0.3) is 0 Å². The standard InChI is InChI=1S/C16H10Cl2F2N4/c17-10-2-1-3-11(18)15(10)23-14-6-7-21-16(24-14)22-9-4-5-12(19)13(20)8-9/h1-8H,(H2,21,22,23,24). The first-order valence-corrected chi connectivity index (χ1v) is 7.54. The fourth-order valence-corrected chi connectivity index (χ4v) is 2.43. The van der Waals surface area contributed by atoms with Crippen LogP contribution in [0.2, 0.25) is 10.0 Å². The van der Waals surface area contributed by atoms with Gasteiger partial charge in [0.2, 0.25) is 5.95 Å². The number of aromatic nitrogens is 2. The van der Waals surface area contributed by atoms with Crippen LogP contribution < -0.4 is 10.6 Å². The molecule has 4 nitrogen and oxygen atoms in total. The minimum absolute atomic E-state index is 0.203. The summed E-state index contributed by atoms with van der Waals surface area (Å²) in [6.45, 7) is 0. The van der Waals surface area contributed by atoms with E-state index < -0.39 is 11.6 Å². The molecule has 1 aromatic heterocycles. The molecule has 0 amide bonds. The first kappa shape index (κ1) is 16.4. The summed E-state index contributed by atoms with van der Waals surface area (Å²) in [6, 6.07) is 10.1. The molecule has 0 spiro atoms. The van der Waals surface area contributed by atoms with E-state index in [1.165, 1.54) is 12.3 Å². The Hall–Kier alpha value is -2.44. The number of rotatable bonds is 4. The van der Waals surface area contributed by atoms with Crippen molar-refractivity contribution in [3.8, 4) is 0 Å². The van der Waals surface area contributed by atoms with E-state index in [0.717, 1.165) is 12.1 Å². The molecule has 8 heteroatoms. The highest BCUT2D eigenvalue weighted by atomic mass is 35.5. The summed E-state index contributed by atoms with van der Waals surface area (Å²) in [7, 11) is 0. The quantitative estimate of drug-likeness (QED) is 0.635. The molecule has 0 atom stereocenters. The SMILES string of the molecule is Fc1ccc(Nc2nccc(Nc3c(Cl)cccc3Cl)n2)cc1F. The lowest BCUT2D eigenvalue weighted by molar-refractivity contribution is 0.509. The van der Waals surface area contributed by atoms with Gasteiger partial charge in [0.05, 0.1) is 15.7 Å². The molecular weight excluding hydrogens is 357 g/mol. The molecule has 0 saturated carbocycles. The average Bonchev–Trinajstić information content (AvgIpc) is 2.55. The van der Waals surface area contributed by atoms with Gasteiger partial charge in [0.15, 0.2) is 11.6 Å². The van der Waals surface area contributed by atoms with Crippen LogP contribution in [0, 0.1) is 11.6 Å². The summed E-state index contributed by atoms with van der Waals surface area (Å²) in [5.41, 5.74) is 0.833. The second-order valence-electron chi connectivity index (χ2n) is 4.74. The third-order valence-corrected chi connectivity index (χ3v) is 3.68. The summed E-state index contributed by atoms with van der Waals surface area (Å²) in [5, 5.41) is 6.67. The van der Waals surface area contributed by atoms with Gasteiger partial charge in [0, 0.05) is 18.0 Å². The van der Waals surface area contributed by atoms with Crippen molar-refractivity contribution in [1.29, 1.82) is 0 Å². The van der Waals surface area contributed by atoms with Crippen LogP contribution in [0.25, 0.3) is 0 Å². The largest absolute Gasteiger partial charge is 0.338 e. The molecule has 24 heavy (non-hydrogen) atoms. The zero-order valence-corrected chi connectivity index (χ0v) is 13.5. The molecular formula is C16H10Cl2F2N4. The summed E-state index contributed by atoms with van der Waals surface area (Å²) >= 11 is 12.2. The number of benzene rings is 2. The molecule has 0 bridgehead atoms. The fraction of sp³-hybridized carbons (Fsp3) is 0. The number of para-hydroxylation sites is 1. The molecule has 2 aromatic carbocycles. The van der Waals surface area contributed by atoms with Crippen LogP contribution in [0.4, 0.5) is 31.9 Å². The van der Waals surface area contributed by atoms with Crippen LogP contribution in [-0.2, 0) is 0 Å². The molecule has 3 aromatic rings. The molecule has 0 radical (unpaired) electrons. The number of halogens is 4. The summed E-state index contributed by atoms with van der Waals surface area (Å²) in [4.78, 5) is 8.26. The van der Waals surface area contributed by atoms with E-state index in [9.17, 15) is 8.78 Å². The molecule has 0 aliphatic carbocycles. The Bertz CT molecular complexity index is 869. The van der Waals surface area contributed by atoms with Gasteiger partial charge in [-0.2, -0.15) is 4.98 Å². The molecule has 2 N–H and O–H groups in total. The lowest BCUT2D eigenvalue weighted by atomic mass is 10.3. The molecule has 3 rings (SSSR count). The summed E-state index contributed by atoms with van der Waals surface area (Å²) in [6.07, 6.45) is 1.50. The van der Waals surface area contributed by atoms with Gasteiger partial charge in [-0.05, 0) is 30.3 Å². The van der Waals surface area contributed by atoms with Crippen molar-refractivity contribution in [2.45, 2.75) is 0 Å². The van der Waals surface area contributed by atoms with Crippen molar-refractivity contribution in [3.63, 3.8) is 0 Å². The molecule has 0 unspecified atom stereocenters. The van der Waals surface area contributed by atoms with E-state index in [2.05, 4.69) is 20.6 Å². The van der Waals surface area contributed by atoms with Gasteiger partial charge in [-0.25, -0.2) is 13.8 Å². The Kier molecular flexibility index (Phi) is 4.78. The number of anilines is 4. The number of hydrogen-bond acceptors (Lipinski definition) is 4. The molecule has 0 aliphatic rings. The predicted molar refractivity (Wildman–Crippen MR) is 91.4 cm³/mol. The Labute approximate surface area is 146 Å². The highest BCUT2D eigenvalue weighted by molar-refractivity contribution is 6.39. The summed E-state index contributed by atoms with van der Waals surface area (Å²) in [5.74, 6) is -1.25. The minimum Gasteiger partial charge on any atom is -0.338 e. The van der Waals surface area contributed by atoms with E-state index >= 15 is 0 Å². The van der Waals surface area contributed by atoms with Crippen LogP contribution in [-0.4, -0.2) is 9.97 Å². The first-order chi connectivity index (χ1) is 11.5. The second-order valence-corrected chi connectivity index (χ2v) is 5.56. The maximum atomic E-state index is 13.2. The predicted octanol–water partition coefficient (Wildman–Crippen LogP) is 5.55. The van der Waals surface area contributed by atoms with Crippen LogP contribution >= 0.6 is 23.2 Å². The fourth-order valence-electron chi connectivity index (χ4n) is 1.94. The number of nitrogens with one attached hydrogen (secondary N) is 2. The van der Waals surface area contributed by atoms with Crippen LogP contribution in [0.5, 0.6) is 0 Å². The Morgan fingerprint density at radius 1 is 0.875 bits per heavy atom. The number of nitrogens with zero attached hydrogens (tertiary/aromatic N) is 2. The van der Waals surface area contributed by atoms with Crippen molar-refractivity contribution in [2.24, 2.45) is 0 Å². The van der Waals surface area contributed by atoms with Gasteiger partial charge < -0.3 is 10.6 Å². The highest BCUT2D eigenvalue weighted by Gasteiger charge is 2.08. The van der Waals surface area contributed by atoms with E-state index in [4.69, 9.17) is 23.2 Å². The molecule has 122 valence electrons. The molecule has 0 aliphatic heterocycles. The maximum Gasteiger partial charge on any atom is 0.229 e. The van der Waals surface area contributed by atoms with E-state index in [1.807, 2.05) is 0 Å². The van der Waals surface area contributed by atoms with Gasteiger partial charge in [0.1, 0.15) is 5.82 Å². The smallest absolute Gasteiger partial charge is 0.229 e.